The number of ether oxygens (including phenoxy) is 2. The lowest BCUT2D eigenvalue weighted by Gasteiger charge is -2.27. The van der Waals surface area contributed by atoms with E-state index in [1.54, 1.807) is 26.2 Å². The molecule has 0 radical (unpaired) electrons. The Hall–Kier alpha value is -3.06. The van der Waals surface area contributed by atoms with Crippen LogP contribution in [0.3, 0.4) is 0 Å². The van der Waals surface area contributed by atoms with Gasteiger partial charge in [0.25, 0.3) is 0 Å². The van der Waals surface area contributed by atoms with Crippen LogP contribution in [0, 0.1) is 0 Å². The lowest BCUT2D eigenvalue weighted by atomic mass is 9.89. The van der Waals surface area contributed by atoms with E-state index in [2.05, 4.69) is 33.2 Å². The van der Waals surface area contributed by atoms with E-state index < -0.39 is 11.6 Å². The number of aromatic nitrogens is 2. The van der Waals surface area contributed by atoms with Crippen LogP contribution in [0.2, 0.25) is 0 Å². The van der Waals surface area contributed by atoms with Gasteiger partial charge in [0.15, 0.2) is 0 Å². The first kappa shape index (κ1) is 19.7. The SMILES string of the molecule is CCOC(=O)Nc1ccc(OC)nc1C(C)(N)Cc1cn(C)c2ccccc12. The molecule has 3 N–H and O–H groups in total. The standard InChI is InChI=1S/C21H26N4O3/c1-5-28-20(26)23-16-10-11-18(27-4)24-19(16)21(2,22)12-14-13-25(3)17-9-7-6-8-15(14)17/h6-11,13H,5,12,22H2,1-4H3,(H,23,26). The lowest BCUT2D eigenvalue weighted by Crippen LogP contribution is -2.37. The molecular formula is C21H26N4O3. The molecule has 1 aromatic carbocycles. The maximum atomic E-state index is 11.9. The third-order valence-electron chi connectivity index (χ3n) is 4.67. The van der Waals surface area contributed by atoms with Crippen LogP contribution >= 0.6 is 0 Å². The van der Waals surface area contributed by atoms with Crippen molar-refractivity contribution in [3.63, 3.8) is 0 Å². The number of rotatable bonds is 6. The molecular weight excluding hydrogens is 356 g/mol. The van der Waals surface area contributed by atoms with Crippen LogP contribution in [0.25, 0.3) is 10.9 Å². The predicted octanol–water partition coefficient (Wildman–Crippen LogP) is 3.57. The van der Waals surface area contributed by atoms with E-state index in [-0.39, 0.29) is 6.61 Å². The highest BCUT2D eigenvalue weighted by Crippen LogP contribution is 2.32. The van der Waals surface area contributed by atoms with Crippen LogP contribution in [0.5, 0.6) is 5.88 Å². The Morgan fingerprint density at radius 2 is 2.04 bits per heavy atom. The molecule has 1 unspecified atom stereocenters. The molecule has 3 rings (SSSR count). The zero-order valence-electron chi connectivity index (χ0n) is 16.7. The van der Waals surface area contributed by atoms with Crippen LogP contribution in [0.15, 0.2) is 42.6 Å². The molecule has 7 nitrogen and oxygen atoms in total. The summed E-state index contributed by atoms with van der Waals surface area (Å²) in [5.74, 6) is 0.430. The van der Waals surface area contributed by atoms with Crippen molar-refractivity contribution in [3.8, 4) is 5.88 Å². The number of amides is 1. The molecule has 1 amide bonds. The fourth-order valence-corrected chi connectivity index (χ4v) is 3.41. The molecule has 0 spiro atoms. The monoisotopic (exact) mass is 382 g/mol. The van der Waals surface area contributed by atoms with E-state index in [1.807, 2.05) is 26.1 Å². The average Bonchev–Trinajstić information content (AvgIpc) is 2.97. The number of nitrogens with zero attached hydrogens (tertiary/aromatic N) is 2. The number of aryl methyl sites for hydroxylation is 1. The third kappa shape index (κ3) is 3.94. The van der Waals surface area contributed by atoms with Crippen LogP contribution < -0.4 is 15.8 Å². The van der Waals surface area contributed by atoms with Gasteiger partial charge in [-0.3, -0.25) is 5.32 Å². The Morgan fingerprint density at radius 3 is 2.75 bits per heavy atom. The largest absolute Gasteiger partial charge is 0.481 e. The Kier molecular flexibility index (Phi) is 5.56. The van der Waals surface area contributed by atoms with E-state index in [1.165, 1.54) is 0 Å². The van der Waals surface area contributed by atoms with Crippen molar-refractivity contribution < 1.29 is 14.3 Å². The van der Waals surface area contributed by atoms with Gasteiger partial charge in [-0.25, -0.2) is 9.78 Å². The number of nitrogens with two attached hydrogens (primary N) is 1. The van der Waals surface area contributed by atoms with E-state index in [0.29, 0.717) is 23.7 Å². The molecule has 0 aliphatic heterocycles. The maximum Gasteiger partial charge on any atom is 0.411 e. The second-order valence-electron chi connectivity index (χ2n) is 6.97. The highest BCUT2D eigenvalue weighted by molar-refractivity contribution is 5.86. The molecule has 3 aromatic rings. The highest BCUT2D eigenvalue weighted by atomic mass is 16.5. The van der Waals surface area contributed by atoms with Gasteiger partial charge in [-0.05, 0) is 38.0 Å². The molecule has 2 heterocycles. The molecule has 28 heavy (non-hydrogen) atoms. The normalized spacial score (nSPS) is 13.2. The average molecular weight is 382 g/mol. The number of fused-ring (bicyclic) bond motifs is 1. The summed E-state index contributed by atoms with van der Waals surface area (Å²) in [4.78, 5) is 16.5. The zero-order valence-corrected chi connectivity index (χ0v) is 16.7. The molecule has 148 valence electrons. The van der Waals surface area contributed by atoms with E-state index >= 15 is 0 Å². The van der Waals surface area contributed by atoms with Gasteiger partial charge in [-0.15, -0.1) is 0 Å². The van der Waals surface area contributed by atoms with Gasteiger partial charge in [0.05, 0.1) is 30.6 Å². The summed E-state index contributed by atoms with van der Waals surface area (Å²) < 4.78 is 12.3. The fourth-order valence-electron chi connectivity index (χ4n) is 3.41. The van der Waals surface area contributed by atoms with Crippen LogP contribution in [0.1, 0.15) is 25.1 Å². The van der Waals surface area contributed by atoms with E-state index in [9.17, 15) is 4.79 Å². The number of carbonyl (C=O) groups is 1. The molecule has 2 aromatic heterocycles. The van der Waals surface area contributed by atoms with Gasteiger partial charge in [-0.2, -0.15) is 0 Å². The number of hydrogen-bond donors (Lipinski definition) is 2. The van der Waals surface area contributed by atoms with Gasteiger partial charge in [0.2, 0.25) is 5.88 Å². The van der Waals surface area contributed by atoms with Crippen molar-refractivity contribution in [1.82, 2.24) is 9.55 Å². The maximum absolute atomic E-state index is 11.9. The highest BCUT2D eigenvalue weighted by Gasteiger charge is 2.29. The second kappa shape index (κ2) is 7.90. The van der Waals surface area contributed by atoms with Crippen molar-refractivity contribution in [1.29, 1.82) is 0 Å². The molecule has 1 atom stereocenters. The van der Waals surface area contributed by atoms with Gasteiger partial charge in [-0.1, -0.05) is 18.2 Å². The first-order chi connectivity index (χ1) is 13.4. The van der Waals surface area contributed by atoms with Crippen molar-refractivity contribution in [2.24, 2.45) is 12.8 Å². The summed E-state index contributed by atoms with van der Waals surface area (Å²) >= 11 is 0. The van der Waals surface area contributed by atoms with Crippen molar-refractivity contribution in [2.45, 2.75) is 25.8 Å². The zero-order chi connectivity index (χ0) is 20.3. The Morgan fingerprint density at radius 1 is 1.29 bits per heavy atom. The smallest absolute Gasteiger partial charge is 0.411 e. The van der Waals surface area contributed by atoms with E-state index in [0.717, 1.165) is 16.5 Å². The molecule has 0 aliphatic carbocycles. The number of para-hydroxylation sites is 1. The molecule has 0 bridgehead atoms. The van der Waals surface area contributed by atoms with Crippen LogP contribution in [-0.4, -0.2) is 29.4 Å². The summed E-state index contributed by atoms with van der Waals surface area (Å²) in [6.45, 7) is 3.92. The lowest BCUT2D eigenvalue weighted by molar-refractivity contribution is 0.168. The number of carbonyl (C=O) groups excluding carboxylic acids is 1. The molecule has 0 saturated heterocycles. The summed E-state index contributed by atoms with van der Waals surface area (Å²) in [6, 6.07) is 11.6. The predicted molar refractivity (Wildman–Crippen MR) is 110 cm³/mol. The second-order valence-corrected chi connectivity index (χ2v) is 6.97. The van der Waals surface area contributed by atoms with Crippen LogP contribution in [-0.2, 0) is 23.7 Å². The fraction of sp³-hybridized carbons (Fsp3) is 0.333. The summed E-state index contributed by atoms with van der Waals surface area (Å²) in [5.41, 5.74) is 9.15. The topological polar surface area (TPSA) is 91.4 Å². The Balaban J connectivity index is 2.00. The summed E-state index contributed by atoms with van der Waals surface area (Å²) in [6.07, 6.45) is 2.07. The van der Waals surface area contributed by atoms with Crippen LogP contribution in [0.4, 0.5) is 10.5 Å². The Bertz CT molecular complexity index is 994. The number of pyridine rings is 1. The summed E-state index contributed by atoms with van der Waals surface area (Å²) in [7, 11) is 3.56. The quantitative estimate of drug-likeness (QED) is 0.680. The van der Waals surface area contributed by atoms with Gasteiger partial charge in [0.1, 0.15) is 0 Å². The minimum Gasteiger partial charge on any atom is -0.481 e. The summed E-state index contributed by atoms with van der Waals surface area (Å²) in [5, 5.41) is 3.88. The van der Waals surface area contributed by atoms with E-state index in [4.69, 9.17) is 15.2 Å². The minimum atomic E-state index is -0.854. The number of nitrogens with one attached hydrogen (secondary N) is 1. The van der Waals surface area contributed by atoms with Crippen molar-refractivity contribution in [2.75, 3.05) is 19.0 Å². The third-order valence-corrected chi connectivity index (χ3v) is 4.67. The van der Waals surface area contributed by atoms with Gasteiger partial charge < -0.3 is 19.8 Å². The van der Waals surface area contributed by atoms with Crippen molar-refractivity contribution in [3.05, 3.63) is 53.9 Å². The minimum absolute atomic E-state index is 0.278. The van der Waals surface area contributed by atoms with Gasteiger partial charge in [0, 0.05) is 30.2 Å². The molecule has 0 aliphatic rings. The molecule has 7 heteroatoms. The molecule has 0 saturated carbocycles. The Labute approximate surface area is 164 Å². The number of anilines is 1. The first-order valence-corrected chi connectivity index (χ1v) is 9.17. The van der Waals surface area contributed by atoms with Gasteiger partial charge >= 0.3 is 6.09 Å². The number of benzene rings is 1. The number of hydrogen-bond acceptors (Lipinski definition) is 5. The molecule has 0 fully saturated rings. The number of methoxy groups -OCH3 is 1. The first-order valence-electron chi connectivity index (χ1n) is 9.17. The van der Waals surface area contributed by atoms with Crippen molar-refractivity contribution >= 4 is 22.7 Å².